The molecule has 126 valence electrons. The summed E-state index contributed by atoms with van der Waals surface area (Å²) in [5.74, 6) is -0.990. The first-order chi connectivity index (χ1) is 12.0. The second kappa shape index (κ2) is 7.14. The Morgan fingerprint density at radius 1 is 1.20 bits per heavy atom. The van der Waals surface area contributed by atoms with Crippen LogP contribution in [-0.4, -0.2) is 18.4 Å². The maximum atomic E-state index is 12.5. The predicted molar refractivity (Wildman–Crippen MR) is 96.7 cm³/mol. The Morgan fingerprint density at radius 2 is 1.88 bits per heavy atom. The summed E-state index contributed by atoms with van der Waals surface area (Å²) >= 11 is 12.0. The number of nitrogens with zero attached hydrogens (tertiary/aromatic N) is 2. The normalized spacial score (nSPS) is 16.6. The van der Waals surface area contributed by atoms with Crippen LogP contribution >= 0.6 is 23.2 Å². The second-order valence-corrected chi connectivity index (χ2v) is 6.55. The highest BCUT2D eigenvalue weighted by Crippen LogP contribution is 2.30. The van der Waals surface area contributed by atoms with Crippen LogP contribution in [0.3, 0.4) is 0 Å². The Balaban J connectivity index is 1.76. The lowest BCUT2D eigenvalue weighted by molar-refractivity contribution is -0.122. The summed E-state index contributed by atoms with van der Waals surface area (Å²) in [5.41, 5.74) is 1.38. The molecule has 2 amide bonds. The molecule has 0 bridgehead atoms. The summed E-state index contributed by atoms with van der Waals surface area (Å²) in [6.07, 6.45) is 0.0880. The van der Waals surface area contributed by atoms with Crippen molar-refractivity contribution in [2.45, 2.75) is 6.42 Å². The number of amides is 2. The number of hydrogen-bond donors (Lipinski definition) is 1. The zero-order valence-electron chi connectivity index (χ0n) is 13.0. The molecule has 1 N–H and O–H groups in total. The molecule has 1 heterocycles. The predicted octanol–water partition coefficient (Wildman–Crippen LogP) is 3.86. The van der Waals surface area contributed by atoms with Crippen molar-refractivity contribution in [1.29, 1.82) is 5.26 Å². The van der Waals surface area contributed by atoms with Crippen LogP contribution < -0.4 is 10.2 Å². The number of hydrogen-bond acceptors (Lipinski definition) is 3. The summed E-state index contributed by atoms with van der Waals surface area (Å²) in [6, 6.07) is 13.6. The number of carbonyl (C=O) groups is 2. The van der Waals surface area contributed by atoms with Crippen molar-refractivity contribution >= 4 is 46.4 Å². The third-order valence-corrected chi connectivity index (χ3v) is 4.40. The zero-order valence-corrected chi connectivity index (χ0v) is 14.5. The minimum Gasteiger partial charge on any atom is -0.325 e. The summed E-state index contributed by atoms with van der Waals surface area (Å²) in [7, 11) is 0. The molecule has 0 spiro atoms. The molecule has 1 unspecified atom stereocenters. The Hall–Kier alpha value is -2.55. The molecule has 0 radical (unpaired) electrons. The van der Waals surface area contributed by atoms with Crippen LogP contribution in [0.25, 0.3) is 0 Å². The van der Waals surface area contributed by atoms with Crippen LogP contribution in [0, 0.1) is 17.2 Å². The molecule has 1 saturated heterocycles. The van der Waals surface area contributed by atoms with Gasteiger partial charge >= 0.3 is 0 Å². The molecule has 2 aromatic carbocycles. The number of para-hydroxylation sites is 1. The molecule has 7 heteroatoms. The zero-order chi connectivity index (χ0) is 18.0. The van der Waals surface area contributed by atoms with Crippen LogP contribution in [0.1, 0.15) is 12.0 Å². The van der Waals surface area contributed by atoms with E-state index in [4.69, 9.17) is 28.5 Å². The third kappa shape index (κ3) is 3.76. The molecule has 0 saturated carbocycles. The maximum absolute atomic E-state index is 12.5. The first-order valence-corrected chi connectivity index (χ1v) is 8.30. The molecule has 2 aromatic rings. The lowest BCUT2D eigenvalue weighted by Gasteiger charge is -2.17. The molecule has 1 aliphatic rings. The van der Waals surface area contributed by atoms with Crippen molar-refractivity contribution in [2.75, 3.05) is 16.8 Å². The third-order valence-electron chi connectivity index (χ3n) is 3.96. The number of nitrogens with one attached hydrogen (secondary N) is 1. The minimum absolute atomic E-state index is 0.0880. The fraction of sp³-hybridized carbons (Fsp3) is 0.167. The molecule has 5 nitrogen and oxygen atoms in total. The summed E-state index contributed by atoms with van der Waals surface area (Å²) < 4.78 is 0. The SMILES string of the molecule is N#Cc1ccccc1NC(=O)C1CC(=O)N(c2cc(Cl)cc(Cl)c2)C1. The van der Waals surface area contributed by atoms with Crippen LogP contribution in [0.2, 0.25) is 10.0 Å². The fourth-order valence-electron chi connectivity index (χ4n) is 2.75. The molecule has 1 aliphatic heterocycles. The van der Waals surface area contributed by atoms with Crippen LogP contribution in [0.4, 0.5) is 11.4 Å². The van der Waals surface area contributed by atoms with E-state index in [0.717, 1.165) is 0 Å². The summed E-state index contributed by atoms with van der Waals surface area (Å²) in [6.45, 7) is 0.232. The highest BCUT2D eigenvalue weighted by molar-refractivity contribution is 6.35. The van der Waals surface area contributed by atoms with E-state index in [1.807, 2.05) is 6.07 Å². The number of halogens is 2. The van der Waals surface area contributed by atoms with Gasteiger partial charge in [0.15, 0.2) is 0 Å². The van der Waals surface area contributed by atoms with E-state index in [9.17, 15) is 9.59 Å². The van der Waals surface area contributed by atoms with Crippen molar-refractivity contribution in [3.8, 4) is 6.07 Å². The molecular weight excluding hydrogens is 361 g/mol. The number of benzene rings is 2. The monoisotopic (exact) mass is 373 g/mol. The van der Waals surface area contributed by atoms with Crippen LogP contribution in [0.15, 0.2) is 42.5 Å². The standard InChI is InChI=1S/C18H13Cl2N3O2/c19-13-6-14(20)8-15(7-13)23-10-12(5-17(23)24)18(25)22-16-4-2-1-3-11(16)9-21/h1-4,6-8,12H,5,10H2,(H,22,25). The van der Waals surface area contributed by atoms with Gasteiger partial charge in [0.1, 0.15) is 6.07 Å². The molecular formula is C18H13Cl2N3O2. The van der Waals surface area contributed by atoms with E-state index in [1.165, 1.54) is 4.90 Å². The lowest BCUT2D eigenvalue weighted by Crippen LogP contribution is -2.28. The number of nitriles is 1. The number of carbonyl (C=O) groups excluding carboxylic acids is 2. The van der Waals surface area contributed by atoms with E-state index in [2.05, 4.69) is 5.32 Å². The van der Waals surface area contributed by atoms with Gasteiger partial charge in [0, 0.05) is 28.7 Å². The minimum atomic E-state index is -0.517. The first-order valence-electron chi connectivity index (χ1n) is 7.54. The Morgan fingerprint density at radius 3 is 2.56 bits per heavy atom. The van der Waals surface area contributed by atoms with Gasteiger partial charge in [-0.05, 0) is 30.3 Å². The van der Waals surface area contributed by atoms with E-state index < -0.39 is 5.92 Å². The molecule has 1 fully saturated rings. The van der Waals surface area contributed by atoms with Crippen molar-refractivity contribution < 1.29 is 9.59 Å². The molecule has 0 aromatic heterocycles. The molecule has 25 heavy (non-hydrogen) atoms. The van der Waals surface area contributed by atoms with Gasteiger partial charge in [0.05, 0.1) is 17.2 Å². The average Bonchev–Trinajstić information content (AvgIpc) is 2.96. The Kier molecular flexibility index (Phi) is 4.93. The topological polar surface area (TPSA) is 73.2 Å². The van der Waals surface area contributed by atoms with Gasteiger partial charge in [-0.2, -0.15) is 5.26 Å². The van der Waals surface area contributed by atoms with Crippen LogP contribution in [0.5, 0.6) is 0 Å². The molecule has 3 rings (SSSR count). The largest absolute Gasteiger partial charge is 0.325 e. The highest BCUT2D eigenvalue weighted by Gasteiger charge is 2.35. The Bertz CT molecular complexity index is 872. The highest BCUT2D eigenvalue weighted by atomic mass is 35.5. The van der Waals surface area contributed by atoms with Gasteiger partial charge in [-0.15, -0.1) is 0 Å². The van der Waals surface area contributed by atoms with Gasteiger partial charge in [-0.25, -0.2) is 0 Å². The van der Waals surface area contributed by atoms with E-state index in [-0.39, 0.29) is 24.8 Å². The smallest absolute Gasteiger partial charge is 0.229 e. The Labute approximate surface area is 154 Å². The van der Waals surface area contributed by atoms with E-state index in [0.29, 0.717) is 27.0 Å². The van der Waals surface area contributed by atoms with Crippen molar-refractivity contribution in [3.63, 3.8) is 0 Å². The quantitative estimate of drug-likeness (QED) is 0.887. The van der Waals surface area contributed by atoms with Crippen LogP contribution in [-0.2, 0) is 9.59 Å². The summed E-state index contributed by atoms with van der Waals surface area (Å²) in [5, 5.41) is 12.7. The number of rotatable bonds is 3. The van der Waals surface area contributed by atoms with Gasteiger partial charge in [0.2, 0.25) is 11.8 Å². The first kappa shape index (κ1) is 17.3. The van der Waals surface area contributed by atoms with Crippen molar-refractivity contribution in [1.82, 2.24) is 0 Å². The lowest BCUT2D eigenvalue weighted by atomic mass is 10.1. The van der Waals surface area contributed by atoms with Gasteiger partial charge in [0.25, 0.3) is 0 Å². The second-order valence-electron chi connectivity index (χ2n) is 5.68. The number of anilines is 2. The van der Waals surface area contributed by atoms with Gasteiger partial charge in [-0.3, -0.25) is 9.59 Å². The average molecular weight is 374 g/mol. The van der Waals surface area contributed by atoms with Crippen molar-refractivity contribution in [3.05, 3.63) is 58.1 Å². The van der Waals surface area contributed by atoms with E-state index >= 15 is 0 Å². The van der Waals surface area contributed by atoms with Gasteiger partial charge in [-0.1, -0.05) is 35.3 Å². The maximum Gasteiger partial charge on any atom is 0.229 e. The molecule has 0 aliphatic carbocycles. The van der Waals surface area contributed by atoms with E-state index in [1.54, 1.807) is 42.5 Å². The van der Waals surface area contributed by atoms with Crippen molar-refractivity contribution in [2.24, 2.45) is 5.92 Å². The molecule has 1 atom stereocenters. The summed E-state index contributed by atoms with van der Waals surface area (Å²) in [4.78, 5) is 26.3. The van der Waals surface area contributed by atoms with Gasteiger partial charge < -0.3 is 10.2 Å². The fourth-order valence-corrected chi connectivity index (χ4v) is 3.27.